The van der Waals surface area contributed by atoms with E-state index in [2.05, 4.69) is 34.9 Å². The Hall–Kier alpha value is -1.06. The summed E-state index contributed by atoms with van der Waals surface area (Å²) in [6.07, 6.45) is 4.98. The molecule has 0 aromatic heterocycles. The molecule has 112 valence electrons. The standard InChI is InChI=1S/C16H24N2O.ClH/c1-17-9-4-10-18-16(19)12-13-7-8-14-5-2-3-6-15(14)11-13;/h2-3,5-6,13,17H,4,7-12H2,1H3,(H,18,19);1H. The zero-order chi connectivity index (χ0) is 13.5. The molecule has 3 nitrogen and oxygen atoms in total. The number of halogens is 1. The predicted molar refractivity (Wildman–Crippen MR) is 85.4 cm³/mol. The van der Waals surface area contributed by atoms with E-state index in [0.29, 0.717) is 12.3 Å². The average molecular weight is 297 g/mol. The summed E-state index contributed by atoms with van der Waals surface area (Å²) in [6, 6.07) is 8.61. The van der Waals surface area contributed by atoms with Crippen molar-refractivity contribution in [1.82, 2.24) is 10.6 Å². The number of nitrogens with one attached hydrogen (secondary N) is 2. The highest BCUT2D eigenvalue weighted by atomic mass is 35.5. The minimum absolute atomic E-state index is 0. The molecule has 1 aromatic carbocycles. The minimum atomic E-state index is 0. The third-order valence-corrected chi connectivity index (χ3v) is 3.85. The van der Waals surface area contributed by atoms with E-state index in [-0.39, 0.29) is 18.3 Å². The third-order valence-electron chi connectivity index (χ3n) is 3.85. The Morgan fingerprint density at radius 3 is 2.75 bits per heavy atom. The second-order valence-electron chi connectivity index (χ2n) is 5.39. The van der Waals surface area contributed by atoms with Crippen molar-refractivity contribution in [2.24, 2.45) is 5.92 Å². The summed E-state index contributed by atoms with van der Waals surface area (Å²) >= 11 is 0. The molecule has 20 heavy (non-hydrogen) atoms. The zero-order valence-corrected chi connectivity index (χ0v) is 13.0. The number of fused-ring (bicyclic) bond motifs is 1. The highest BCUT2D eigenvalue weighted by Crippen LogP contribution is 2.27. The zero-order valence-electron chi connectivity index (χ0n) is 12.2. The first-order chi connectivity index (χ1) is 9.29. The number of carbonyl (C=O) groups is 1. The highest BCUT2D eigenvalue weighted by Gasteiger charge is 2.20. The molecule has 1 aliphatic rings. The van der Waals surface area contributed by atoms with Crippen LogP contribution in [0.5, 0.6) is 0 Å². The Bertz CT molecular complexity index is 423. The van der Waals surface area contributed by atoms with Gasteiger partial charge in [0.25, 0.3) is 0 Å². The van der Waals surface area contributed by atoms with Gasteiger partial charge >= 0.3 is 0 Å². The Morgan fingerprint density at radius 1 is 1.25 bits per heavy atom. The van der Waals surface area contributed by atoms with Crippen molar-refractivity contribution in [1.29, 1.82) is 0 Å². The quantitative estimate of drug-likeness (QED) is 0.791. The molecule has 0 bridgehead atoms. The lowest BCUT2D eigenvalue weighted by atomic mass is 9.82. The van der Waals surface area contributed by atoms with Crippen molar-refractivity contribution >= 4 is 18.3 Å². The van der Waals surface area contributed by atoms with Gasteiger partial charge in [0.1, 0.15) is 0 Å². The molecule has 0 saturated heterocycles. The molecule has 0 aliphatic heterocycles. The highest BCUT2D eigenvalue weighted by molar-refractivity contribution is 5.85. The lowest BCUT2D eigenvalue weighted by Crippen LogP contribution is -2.29. The van der Waals surface area contributed by atoms with E-state index in [1.54, 1.807) is 0 Å². The molecule has 0 heterocycles. The summed E-state index contributed by atoms with van der Waals surface area (Å²) in [4.78, 5) is 11.9. The number of rotatable bonds is 6. The van der Waals surface area contributed by atoms with Crippen molar-refractivity contribution in [3.05, 3.63) is 35.4 Å². The van der Waals surface area contributed by atoms with Gasteiger partial charge in [-0.15, -0.1) is 12.4 Å². The van der Waals surface area contributed by atoms with Crippen LogP contribution in [0.2, 0.25) is 0 Å². The number of hydrogen-bond donors (Lipinski definition) is 2. The van der Waals surface area contributed by atoms with Crippen LogP contribution in [0.4, 0.5) is 0 Å². The number of carbonyl (C=O) groups excluding carboxylic acids is 1. The second kappa shape index (κ2) is 8.98. The fourth-order valence-corrected chi connectivity index (χ4v) is 2.77. The van der Waals surface area contributed by atoms with Crippen molar-refractivity contribution in [3.8, 4) is 0 Å². The van der Waals surface area contributed by atoms with Gasteiger partial charge in [-0.2, -0.15) is 0 Å². The Labute approximate surface area is 127 Å². The van der Waals surface area contributed by atoms with Crippen LogP contribution in [0, 0.1) is 5.92 Å². The fourth-order valence-electron chi connectivity index (χ4n) is 2.77. The van der Waals surface area contributed by atoms with Gasteiger partial charge in [-0.05, 0) is 56.3 Å². The maximum absolute atomic E-state index is 11.9. The van der Waals surface area contributed by atoms with Gasteiger partial charge < -0.3 is 10.6 Å². The maximum atomic E-state index is 11.9. The molecule has 0 radical (unpaired) electrons. The lowest BCUT2D eigenvalue weighted by Gasteiger charge is -2.24. The predicted octanol–water partition coefficient (Wildman–Crippen LogP) is 2.33. The summed E-state index contributed by atoms with van der Waals surface area (Å²) in [5, 5.41) is 6.09. The SMILES string of the molecule is CNCCCNC(=O)CC1CCc2ccccc2C1.Cl. The Balaban J connectivity index is 0.00000200. The van der Waals surface area contributed by atoms with Crippen molar-refractivity contribution in [2.45, 2.75) is 32.1 Å². The van der Waals surface area contributed by atoms with Crippen LogP contribution in [0.25, 0.3) is 0 Å². The smallest absolute Gasteiger partial charge is 0.220 e. The molecule has 0 spiro atoms. The van der Waals surface area contributed by atoms with Crippen LogP contribution in [-0.4, -0.2) is 26.0 Å². The molecule has 1 aliphatic carbocycles. The van der Waals surface area contributed by atoms with E-state index < -0.39 is 0 Å². The monoisotopic (exact) mass is 296 g/mol. The van der Waals surface area contributed by atoms with Gasteiger partial charge in [0.2, 0.25) is 5.91 Å². The van der Waals surface area contributed by atoms with Gasteiger partial charge in [-0.3, -0.25) is 4.79 Å². The number of amides is 1. The van der Waals surface area contributed by atoms with E-state index in [1.807, 2.05) is 7.05 Å². The van der Waals surface area contributed by atoms with Crippen LogP contribution in [-0.2, 0) is 17.6 Å². The number of aryl methyl sites for hydroxylation is 1. The largest absolute Gasteiger partial charge is 0.356 e. The molecule has 0 saturated carbocycles. The van der Waals surface area contributed by atoms with E-state index in [1.165, 1.54) is 11.1 Å². The Morgan fingerprint density at radius 2 is 2.00 bits per heavy atom. The van der Waals surface area contributed by atoms with Crippen LogP contribution in [0.3, 0.4) is 0 Å². The normalized spacial score (nSPS) is 16.9. The van der Waals surface area contributed by atoms with E-state index in [4.69, 9.17) is 0 Å². The van der Waals surface area contributed by atoms with Gasteiger partial charge in [0, 0.05) is 13.0 Å². The van der Waals surface area contributed by atoms with Gasteiger partial charge in [-0.1, -0.05) is 24.3 Å². The molecular weight excluding hydrogens is 272 g/mol. The molecule has 1 aromatic rings. The summed E-state index contributed by atoms with van der Waals surface area (Å²) < 4.78 is 0. The molecule has 0 fully saturated rings. The van der Waals surface area contributed by atoms with Crippen molar-refractivity contribution in [3.63, 3.8) is 0 Å². The molecule has 1 amide bonds. The van der Waals surface area contributed by atoms with Crippen LogP contribution < -0.4 is 10.6 Å². The minimum Gasteiger partial charge on any atom is -0.356 e. The molecule has 1 unspecified atom stereocenters. The Kier molecular flexibility index (Phi) is 7.63. The van der Waals surface area contributed by atoms with Gasteiger partial charge in [0.05, 0.1) is 0 Å². The molecular formula is C16H25ClN2O. The van der Waals surface area contributed by atoms with E-state index in [9.17, 15) is 4.79 Å². The van der Waals surface area contributed by atoms with Gasteiger partial charge in [-0.25, -0.2) is 0 Å². The van der Waals surface area contributed by atoms with Crippen molar-refractivity contribution < 1.29 is 4.79 Å². The van der Waals surface area contributed by atoms with Gasteiger partial charge in [0.15, 0.2) is 0 Å². The number of benzene rings is 1. The molecule has 1 atom stereocenters. The van der Waals surface area contributed by atoms with Crippen molar-refractivity contribution in [2.75, 3.05) is 20.1 Å². The molecule has 2 rings (SSSR count). The van der Waals surface area contributed by atoms with Crippen LogP contribution in [0.1, 0.15) is 30.4 Å². The van der Waals surface area contributed by atoms with Crippen LogP contribution in [0.15, 0.2) is 24.3 Å². The third kappa shape index (κ3) is 5.14. The topological polar surface area (TPSA) is 41.1 Å². The summed E-state index contributed by atoms with van der Waals surface area (Å²) in [5.41, 5.74) is 2.90. The second-order valence-corrected chi connectivity index (χ2v) is 5.39. The molecule has 2 N–H and O–H groups in total. The fraction of sp³-hybridized carbons (Fsp3) is 0.562. The average Bonchev–Trinajstić information content (AvgIpc) is 2.43. The molecule has 4 heteroatoms. The maximum Gasteiger partial charge on any atom is 0.220 e. The van der Waals surface area contributed by atoms with E-state index in [0.717, 1.165) is 38.8 Å². The first-order valence-electron chi connectivity index (χ1n) is 7.27. The van der Waals surface area contributed by atoms with Crippen LogP contribution >= 0.6 is 12.4 Å². The number of hydrogen-bond acceptors (Lipinski definition) is 2. The summed E-state index contributed by atoms with van der Waals surface area (Å²) in [5.74, 6) is 0.722. The summed E-state index contributed by atoms with van der Waals surface area (Å²) in [7, 11) is 1.93. The summed E-state index contributed by atoms with van der Waals surface area (Å²) in [6.45, 7) is 1.74. The first-order valence-corrected chi connectivity index (χ1v) is 7.27. The first kappa shape index (κ1) is 17.0. The van der Waals surface area contributed by atoms with E-state index >= 15 is 0 Å². The lowest BCUT2D eigenvalue weighted by molar-refractivity contribution is -0.122.